The number of nitrogens with zero attached hydrogens (tertiary/aromatic N) is 1. The van der Waals surface area contributed by atoms with E-state index >= 15 is 0 Å². The second kappa shape index (κ2) is 5.56. The molecule has 2 heteroatoms. The third-order valence-corrected chi connectivity index (χ3v) is 2.86. The zero-order valence-electron chi connectivity index (χ0n) is 10.5. The van der Waals surface area contributed by atoms with Gasteiger partial charge in [0.2, 0.25) is 0 Å². The van der Waals surface area contributed by atoms with E-state index in [2.05, 4.69) is 59.1 Å². The highest BCUT2D eigenvalue weighted by atomic mass is 15.0. The molecule has 1 aromatic heterocycles. The molecule has 1 aromatic carbocycles. The minimum Gasteiger partial charge on any atom is -0.335 e. The molecule has 1 N–H and O–H groups in total. The van der Waals surface area contributed by atoms with Gasteiger partial charge in [0.05, 0.1) is 6.54 Å². The number of hydrogen-bond donors (Lipinski definition) is 1. The molecule has 1 heterocycles. The summed E-state index contributed by atoms with van der Waals surface area (Å²) < 4.78 is 2.22. The van der Waals surface area contributed by atoms with Crippen LogP contribution in [0, 0.1) is 11.8 Å². The first-order valence-electron chi connectivity index (χ1n) is 6.04. The Morgan fingerprint density at radius 1 is 1.29 bits per heavy atom. The van der Waals surface area contributed by atoms with Crippen molar-refractivity contribution in [2.75, 3.05) is 6.54 Å². The summed E-state index contributed by atoms with van der Waals surface area (Å²) in [5, 5.41) is 4.70. The summed E-state index contributed by atoms with van der Waals surface area (Å²) >= 11 is 0. The van der Waals surface area contributed by atoms with E-state index in [9.17, 15) is 0 Å². The number of fused-ring (bicyclic) bond motifs is 1. The van der Waals surface area contributed by atoms with E-state index in [1.54, 1.807) is 0 Å². The van der Waals surface area contributed by atoms with Crippen LogP contribution in [-0.2, 0) is 13.1 Å². The minimum atomic E-state index is 0.767. The predicted octanol–water partition coefficient (Wildman–Crippen LogP) is 2.77. The highest BCUT2D eigenvalue weighted by Gasteiger charge is 2.06. The van der Waals surface area contributed by atoms with Crippen molar-refractivity contribution in [3.63, 3.8) is 0 Å². The third kappa shape index (κ3) is 2.51. The number of nitrogens with one attached hydrogen (secondary N) is 1. The summed E-state index contributed by atoms with van der Waals surface area (Å²) in [7, 11) is 0. The standard InChI is InChI=1S/C15H18N2/c1-3-5-10-17-12-13(11-16-4-2)14-8-6-7-9-15(14)17/h6-9,12,16H,4,10-11H2,1-2H3. The van der Waals surface area contributed by atoms with E-state index in [1.807, 2.05) is 6.92 Å². The Bertz CT molecular complexity index is 555. The average molecular weight is 226 g/mol. The fourth-order valence-corrected chi connectivity index (χ4v) is 2.02. The Labute approximate surface area is 103 Å². The van der Waals surface area contributed by atoms with E-state index in [-0.39, 0.29) is 0 Å². The molecule has 0 amide bonds. The summed E-state index contributed by atoms with van der Waals surface area (Å²) in [6.07, 6.45) is 2.21. The molecular formula is C15H18N2. The summed E-state index contributed by atoms with van der Waals surface area (Å²) in [6, 6.07) is 8.50. The average Bonchev–Trinajstić information content (AvgIpc) is 2.72. The van der Waals surface area contributed by atoms with Gasteiger partial charge in [-0.25, -0.2) is 0 Å². The van der Waals surface area contributed by atoms with Crippen molar-refractivity contribution < 1.29 is 0 Å². The van der Waals surface area contributed by atoms with Gasteiger partial charge in [0, 0.05) is 23.6 Å². The smallest absolute Gasteiger partial charge is 0.0837 e. The van der Waals surface area contributed by atoms with Gasteiger partial charge in [0.15, 0.2) is 0 Å². The van der Waals surface area contributed by atoms with Crippen LogP contribution in [0.15, 0.2) is 30.5 Å². The quantitative estimate of drug-likeness (QED) is 0.793. The van der Waals surface area contributed by atoms with Gasteiger partial charge in [-0.1, -0.05) is 31.0 Å². The maximum atomic E-state index is 3.38. The second-order valence-electron chi connectivity index (χ2n) is 4.01. The first kappa shape index (κ1) is 11.8. The largest absolute Gasteiger partial charge is 0.335 e. The highest BCUT2D eigenvalue weighted by Crippen LogP contribution is 2.20. The van der Waals surface area contributed by atoms with Crippen molar-refractivity contribution >= 4 is 10.9 Å². The molecule has 2 aromatic rings. The molecule has 0 saturated heterocycles. The molecule has 88 valence electrons. The van der Waals surface area contributed by atoms with Gasteiger partial charge in [-0.3, -0.25) is 0 Å². The summed E-state index contributed by atoms with van der Waals surface area (Å²) in [5.41, 5.74) is 2.61. The van der Waals surface area contributed by atoms with E-state index in [0.717, 1.165) is 19.6 Å². The van der Waals surface area contributed by atoms with Crippen molar-refractivity contribution in [1.29, 1.82) is 0 Å². The zero-order valence-corrected chi connectivity index (χ0v) is 10.5. The molecule has 2 nitrogen and oxygen atoms in total. The molecule has 0 aliphatic carbocycles. The van der Waals surface area contributed by atoms with E-state index < -0.39 is 0 Å². The molecule has 0 atom stereocenters. The molecule has 0 saturated carbocycles. The van der Waals surface area contributed by atoms with Crippen LogP contribution < -0.4 is 5.32 Å². The number of benzene rings is 1. The Kier molecular flexibility index (Phi) is 3.85. The molecule has 0 aliphatic rings. The van der Waals surface area contributed by atoms with E-state index in [4.69, 9.17) is 0 Å². The Hall–Kier alpha value is -1.72. The van der Waals surface area contributed by atoms with Crippen LogP contribution in [-0.4, -0.2) is 11.1 Å². The van der Waals surface area contributed by atoms with Crippen LogP contribution >= 0.6 is 0 Å². The summed E-state index contributed by atoms with van der Waals surface area (Å²) in [5.74, 6) is 6.07. The molecule has 2 rings (SSSR count). The van der Waals surface area contributed by atoms with Gasteiger partial charge in [-0.15, -0.1) is 5.92 Å². The van der Waals surface area contributed by atoms with Gasteiger partial charge in [-0.2, -0.15) is 0 Å². The molecule has 0 bridgehead atoms. The first-order valence-corrected chi connectivity index (χ1v) is 6.04. The SMILES string of the molecule is CC#CCn1cc(CNCC)c2ccccc21. The van der Waals surface area contributed by atoms with Crippen LogP contribution in [0.4, 0.5) is 0 Å². The molecule has 0 spiro atoms. The summed E-state index contributed by atoms with van der Waals surface area (Å²) in [4.78, 5) is 0. The van der Waals surface area contributed by atoms with Crippen molar-refractivity contribution in [2.24, 2.45) is 0 Å². The maximum absolute atomic E-state index is 3.38. The Balaban J connectivity index is 2.41. The van der Waals surface area contributed by atoms with Gasteiger partial charge >= 0.3 is 0 Å². The van der Waals surface area contributed by atoms with Gasteiger partial charge in [0.1, 0.15) is 0 Å². The van der Waals surface area contributed by atoms with E-state index in [0.29, 0.717) is 0 Å². The number of aromatic nitrogens is 1. The molecule has 0 radical (unpaired) electrons. The van der Waals surface area contributed by atoms with Crippen molar-refractivity contribution in [1.82, 2.24) is 9.88 Å². The molecular weight excluding hydrogens is 208 g/mol. The monoisotopic (exact) mass is 226 g/mol. The summed E-state index contributed by atoms with van der Waals surface area (Å²) in [6.45, 7) is 6.69. The van der Waals surface area contributed by atoms with Crippen LogP contribution in [0.1, 0.15) is 19.4 Å². The fraction of sp³-hybridized carbons (Fsp3) is 0.333. The van der Waals surface area contributed by atoms with E-state index in [1.165, 1.54) is 16.5 Å². The molecule has 0 aliphatic heterocycles. The van der Waals surface area contributed by atoms with Crippen LogP contribution in [0.3, 0.4) is 0 Å². The lowest BCUT2D eigenvalue weighted by atomic mass is 10.2. The fourth-order valence-electron chi connectivity index (χ4n) is 2.02. The Morgan fingerprint density at radius 3 is 2.88 bits per heavy atom. The van der Waals surface area contributed by atoms with Crippen molar-refractivity contribution in [2.45, 2.75) is 26.9 Å². The number of rotatable bonds is 4. The Morgan fingerprint density at radius 2 is 2.12 bits per heavy atom. The lowest BCUT2D eigenvalue weighted by Gasteiger charge is -1.98. The number of hydrogen-bond acceptors (Lipinski definition) is 1. The minimum absolute atomic E-state index is 0.767. The third-order valence-electron chi connectivity index (χ3n) is 2.86. The second-order valence-corrected chi connectivity index (χ2v) is 4.01. The predicted molar refractivity (Wildman–Crippen MR) is 72.8 cm³/mol. The van der Waals surface area contributed by atoms with Gasteiger partial charge in [-0.05, 0) is 25.1 Å². The highest BCUT2D eigenvalue weighted by molar-refractivity contribution is 5.84. The topological polar surface area (TPSA) is 17.0 Å². The number of para-hydroxylation sites is 1. The van der Waals surface area contributed by atoms with Crippen molar-refractivity contribution in [3.05, 3.63) is 36.0 Å². The molecule has 17 heavy (non-hydrogen) atoms. The van der Waals surface area contributed by atoms with Gasteiger partial charge in [0.25, 0.3) is 0 Å². The van der Waals surface area contributed by atoms with Gasteiger partial charge < -0.3 is 9.88 Å². The lowest BCUT2D eigenvalue weighted by Crippen LogP contribution is -2.11. The lowest BCUT2D eigenvalue weighted by molar-refractivity contribution is 0.726. The molecule has 0 fully saturated rings. The van der Waals surface area contributed by atoms with Crippen LogP contribution in [0.25, 0.3) is 10.9 Å². The first-order chi connectivity index (χ1) is 8.36. The van der Waals surface area contributed by atoms with Crippen LogP contribution in [0.5, 0.6) is 0 Å². The zero-order chi connectivity index (χ0) is 12.1. The van der Waals surface area contributed by atoms with Crippen LogP contribution in [0.2, 0.25) is 0 Å². The normalized spacial score (nSPS) is 10.2. The molecule has 0 unspecified atom stereocenters. The van der Waals surface area contributed by atoms with Crippen molar-refractivity contribution in [3.8, 4) is 11.8 Å². The maximum Gasteiger partial charge on any atom is 0.0837 e.